The molecule has 0 bridgehead atoms. The van der Waals surface area contributed by atoms with Crippen LogP contribution in [0, 0.1) is 15.5 Å². The van der Waals surface area contributed by atoms with Crippen LogP contribution in [0.15, 0.2) is 24.3 Å². The van der Waals surface area contributed by atoms with Crippen LogP contribution in [0.25, 0.3) is 0 Å². The van der Waals surface area contributed by atoms with Crippen LogP contribution in [0.2, 0.25) is 0 Å². The van der Waals surface area contributed by atoms with Crippen molar-refractivity contribution in [3.63, 3.8) is 0 Å². The number of non-ortho nitro benzene ring substituents is 1. The molecule has 2 N–H and O–H groups in total. The van der Waals surface area contributed by atoms with Gasteiger partial charge in [0.2, 0.25) is 5.91 Å². The number of nitrogens with two attached hydrogens (primary N) is 1. The van der Waals surface area contributed by atoms with Gasteiger partial charge in [-0.1, -0.05) is 38.3 Å². The van der Waals surface area contributed by atoms with Gasteiger partial charge in [0.05, 0.1) is 10.3 Å². The predicted octanol–water partition coefficient (Wildman–Crippen LogP) is 3.13. The molecule has 1 aliphatic carbocycles. The first-order chi connectivity index (χ1) is 9.47. The molecule has 1 aromatic carbocycles. The smallest absolute Gasteiger partial charge is 0.269 e. The monoisotopic (exact) mass is 276 g/mol. The van der Waals surface area contributed by atoms with E-state index in [1.165, 1.54) is 12.1 Å². The van der Waals surface area contributed by atoms with Gasteiger partial charge in [-0.15, -0.1) is 0 Å². The maximum Gasteiger partial charge on any atom is 0.269 e. The first-order valence-corrected chi connectivity index (χ1v) is 7.01. The summed E-state index contributed by atoms with van der Waals surface area (Å²) in [5, 5.41) is 10.7. The summed E-state index contributed by atoms with van der Waals surface area (Å²) < 4.78 is 0. The zero-order valence-electron chi connectivity index (χ0n) is 11.7. The number of amides is 1. The van der Waals surface area contributed by atoms with Gasteiger partial charge < -0.3 is 5.73 Å². The summed E-state index contributed by atoms with van der Waals surface area (Å²) in [6, 6.07) is 6.46. The highest BCUT2D eigenvalue weighted by molar-refractivity contribution is 5.82. The lowest BCUT2D eigenvalue weighted by Crippen LogP contribution is -2.42. The molecule has 1 aliphatic rings. The van der Waals surface area contributed by atoms with E-state index in [0.717, 1.165) is 37.7 Å². The van der Waals surface area contributed by atoms with Crippen molar-refractivity contribution in [2.45, 2.75) is 44.9 Å². The van der Waals surface area contributed by atoms with E-state index in [1.54, 1.807) is 12.1 Å². The highest BCUT2D eigenvalue weighted by Crippen LogP contribution is 2.47. The van der Waals surface area contributed by atoms with Crippen LogP contribution in [0.1, 0.15) is 50.5 Å². The molecule has 0 aliphatic heterocycles. The Labute approximate surface area is 118 Å². The van der Waals surface area contributed by atoms with Crippen molar-refractivity contribution in [2.75, 3.05) is 0 Å². The van der Waals surface area contributed by atoms with Gasteiger partial charge in [-0.2, -0.15) is 0 Å². The van der Waals surface area contributed by atoms with Crippen molar-refractivity contribution in [1.29, 1.82) is 0 Å². The van der Waals surface area contributed by atoms with E-state index < -0.39 is 10.3 Å². The molecule has 1 fully saturated rings. The molecule has 0 unspecified atom stereocenters. The molecule has 1 aromatic rings. The Bertz CT molecular complexity index is 504. The number of hydrogen-bond acceptors (Lipinski definition) is 3. The fourth-order valence-corrected chi connectivity index (χ4v) is 3.28. The molecule has 0 spiro atoms. The Kier molecular flexibility index (Phi) is 4.06. The molecule has 0 heterocycles. The summed E-state index contributed by atoms with van der Waals surface area (Å²) in [7, 11) is 0. The fraction of sp³-hybridized carbons (Fsp3) is 0.533. The Morgan fingerprint density at radius 2 is 1.80 bits per heavy atom. The van der Waals surface area contributed by atoms with Crippen molar-refractivity contribution in [3.05, 3.63) is 39.9 Å². The van der Waals surface area contributed by atoms with Gasteiger partial charge >= 0.3 is 0 Å². The lowest BCUT2D eigenvalue weighted by Gasteiger charge is -2.39. The van der Waals surface area contributed by atoms with Crippen molar-refractivity contribution >= 4 is 11.6 Å². The SMILES string of the molecule is C[C@@H](c1ccc([N+](=O)[O-])cc1)C1(C(N)=O)CCCCC1. The van der Waals surface area contributed by atoms with E-state index in [2.05, 4.69) is 0 Å². The number of rotatable bonds is 4. The molecule has 1 saturated carbocycles. The van der Waals surface area contributed by atoms with Crippen molar-refractivity contribution in [1.82, 2.24) is 0 Å². The van der Waals surface area contributed by atoms with Crippen LogP contribution in [0.3, 0.4) is 0 Å². The minimum atomic E-state index is -0.506. The Morgan fingerprint density at radius 3 is 2.25 bits per heavy atom. The lowest BCUT2D eigenvalue weighted by atomic mass is 9.64. The molecule has 5 heteroatoms. The Hall–Kier alpha value is -1.91. The van der Waals surface area contributed by atoms with Crippen LogP contribution in [-0.4, -0.2) is 10.8 Å². The number of benzene rings is 1. The maximum atomic E-state index is 12.0. The zero-order chi connectivity index (χ0) is 14.8. The van der Waals surface area contributed by atoms with E-state index in [-0.39, 0.29) is 17.5 Å². The number of nitro groups is 1. The molecular weight excluding hydrogens is 256 g/mol. The minimum absolute atomic E-state index is 0.0129. The molecular formula is C15H20N2O3. The molecule has 0 radical (unpaired) electrons. The Balaban J connectivity index is 2.29. The van der Waals surface area contributed by atoms with Crippen LogP contribution in [-0.2, 0) is 4.79 Å². The number of nitro benzene ring substituents is 1. The molecule has 5 nitrogen and oxygen atoms in total. The second-order valence-electron chi connectivity index (χ2n) is 5.65. The topological polar surface area (TPSA) is 86.2 Å². The summed E-state index contributed by atoms with van der Waals surface area (Å²) in [6.45, 7) is 2.00. The van der Waals surface area contributed by atoms with Gasteiger partial charge in [-0.3, -0.25) is 14.9 Å². The van der Waals surface area contributed by atoms with E-state index in [0.29, 0.717) is 0 Å². The average Bonchev–Trinajstić information content (AvgIpc) is 2.47. The highest BCUT2D eigenvalue weighted by atomic mass is 16.6. The zero-order valence-corrected chi connectivity index (χ0v) is 11.7. The van der Waals surface area contributed by atoms with E-state index in [9.17, 15) is 14.9 Å². The third kappa shape index (κ3) is 2.53. The second-order valence-corrected chi connectivity index (χ2v) is 5.65. The van der Waals surface area contributed by atoms with Crippen molar-refractivity contribution < 1.29 is 9.72 Å². The normalized spacial score (nSPS) is 19.2. The van der Waals surface area contributed by atoms with Crippen LogP contribution in [0.5, 0.6) is 0 Å². The quantitative estimate of drug-likeness (QED) is 0.677. The fourth-order valence-electron chi connectivity index (χ4n) is 3.28. The highest BCUT2D eigenvalue weighted by Gasteiger charge is 2.43. The first kappa shape index (κ1) is 14.5. The maximum absolute atomic E-state index is 12.0. The number of nitrogens with zero attached hydrogens (tertiary/aromatic N) is 1. The minimum Gasteiger partial charge on any atom is -0.369 e. The number of primary amides is 1. The number of hydrogen-bond donors (Lipinski definition) is 1. The van der Waals surface area contributed by atoms with Gasteiger partial charge in [-0.25, -0.2) is 0 Å². The standard InChI is InChI=1S/C15H20N2O3/c1-11(12-5-7-13(8-6-12)17(19)20)15(14(16)18)9-3-2-4-10-15/h5-8,11H,2-4,9-10H2,1H3,(H2,16,18)/t11-/m0/s1. The molecule has 20 heavy (non-hydrogen) atoms. The van der Waals surface area contributed by atoms with Gasteiger partial charge in [-0.05, 0) is 24.3 Å². The van der Waals surface area contributed by atoms with E-state index >= 15 is 0 Å². The van der Waals surface area contributed by atoms with Crippen molar-refractivity contribution in [2.24, 2.45) is 11.1 Å². The molecule has 0 aromatic heterocycles. The first-order valence-electron chi connectivity index (χ1n) is 7.01. The summed E-state index contributed by atoms with van der Waals surface area (Å²) in [6.07, 6.45) is 4.78. The molecule has 2 rings (SSSR count). The summed E-state index contributed by atoms with van der Waals surface area (Å²) >= 11 is 0. The average molecular weight is 276 g/mol. The third-order valence-electron chi connectivity index (χ3n) is 4.67. The summed E-state index contributed by atoms with van der Waals surface area (Å²) in [4.78, 5) is 22.2. The Morgan fingerprint density at radius 1 is 1.25 bits per heavy atom. The number of carbonyl (C=O) groups excluding carboxylic acids is 1. The lowest BCUT2D eigenvalue weighted by molar-refractivity contribution is -0.384. The van der Waals surface area contributed by atoms with E-state index in [1.807, 2.05) is 6.92 Å². The van der Waals surface area contributed by atoms with Gasteiger partial charge in [0, 0.05) is 12.1 Å². The predicted molar refractivity (Wildman–Crippen MR) is 76.2 cm³/mol. The van der Waals surface area contributed by atoms with Gasteiger partial charge in [0.25, 0.3) is 5.69 Å². The van der Waals surface area contributed by atoms with Gasteiger partial charge in [0.15, 0.2) is 0 Å². The second kappa shape index (κ2) is 5.61. The molecule has 108 valence electrons. The molecule has 1 atom stereocenters. The summed E-state index contributed by atoms with van der Waals surface area (Å²) in [5.74, 6) is -0.260. The number of carbonyl (C=O) groups is 1. The van der Waals surface area contributed by atoms with Crippen LogP contribution in [0.4, 0.5) is 5.69 Å². The molecule has 1 amide bonds. The van der Waals surface area contributed by atoms with E-state index in [4.69, 9.17) is 5.73 Å². The van der Waals surface area contributed by atoms with Crippen LogP contribution >= 0.6 is 0 Å². The largest absolute Gasteiger partial charge is 0.369 e. The molecule has 0 saturated heterocycles. The van der Waals surface area contributed by atoms with Crippen molar-refractivity contribution in [3.8, 4) is 0 Å². The summed E-state index contributed by atoms with van der Waals surface area (Å²) in [5.41, 5.74) is 6.17. The van der Waals surface area contributed by atoms with Gasteiger partial charge in [0.1, 0.15) is 0 Å². The third-order valence-corrected chi connectivity index (χ3v) is 4.67. The van der Waals surface area contributed by atoms with Crippen LogP contribution < -0.4 is 5.73 Å².